The number of amides is 1. The first-order valence-corrected chi connectivity index (χ1v) is 13.5. The lowest BCUT2D eigenvalue weighted by molar-refractivity contribution is -0.113. The van der Waals surface area contributed by atoms with Gasteiger partial charge in [-0.2, -0.15) is 4.31 Å². The number of halogens is 1. The summed E-state index contributed by atoms with van der Waals surface area (Å²) in [6.45, 7) is 1.18. The number of carbonyl (C=O) groups is 1. The van der Waals surface area contributed by atoms with Gasteiger partial charge >= 0.3 is 0 Å². The molecule has 4 rings (SSSR count). The summed E-state index contributed by atoms with van der Waals surface area (Å²) in [5.74, 6) is -0.210. The van der Waals surface area contributed by atoms with E-state index in [4.69, 9.17) is 16.3 Å². The van der Waals surface area contributed by atoms with E-state index >= 15 is 0 Å². The number of ether oxygens (including phenoxy) is 1. The second kappa shape index (κ2) is 10.8. The Labute approximate surface area is 204 Å². The molecule has 9 nitrogen and oxygen atoms in total. The zero-order chi connectivity index (χ0) is 23.3. The lowest BCUT2D eigenvalue weighted by atomic mass is 10.3. The minimum atomic E-state index is -3.79. The largest absolute Gasteiger partial charge is 0.379 e. The van der Waals surface area contributed by atoms with Crippen molar-refractivity contribution in [3.05, 3.63) is 53.6 Å². The number of nitrogens with zero attached hydrogens (tertiary/aromatic N) is 3. The van der Waals surface area contributed by atoms with Gasteiger partial charge in [-0.05, 0) is 30.3 Å². The van der Waals surface area contributed by atoms with E-state index < -0.39 is 10.0 Å². The lowest BCUT2D eigenvalue weighted by Crippen LogP contribution is -2.40. The molecular formula is C20H20ClN5O4S3. The normalized spacial score (nSPS) is 14.7. The Hall–Kier alpha value is -2.22. The Morgan fingerprint density at radius 3 is 2.64 bits per heavy atom. The zero-order valence-corrected chi connectivity index (χ0v) is 20.4. The van der Waals surface area contributed by atoms with Crippen LogP contribution < -0.4 is 10.6 Å². The molecule has 3 aromatic rings. The summed E-state index contributed by atoms with van der Waals surface area (Å²) in [5, 5.41) is 14.7. The van der Waals surface area contributed by atoms with E-state index in [0.717, 1.165) is 5.69 Å². The number of sulfonamides is 1. The van der Waals surface area contributed by atoms with E-state index in [1.807, 2.05) is 30.3 Å². The van der Waals surface area contributed by atoms with Gasteiger partial charge in [0, 0.05) is 24.5 Å². The van der Waals surface area contributed by atoms with Gasteiger partial charge in [0.15, 0.2) is 4.34 Å². The number of hydrogen-bond donors (Lipinski definition) is 2. The van der Waals surface area contributed by atoms with Crippen molar-refractivity contribution in [1.29, 1.82) is 0 Å². The number of nitrogens with one attached hydrogen (secondary N) is 2. The standard InChI is InChI=1S/C20H20ClN5O4S3/c21-16-7-6-15(12-17(16)33(28,29)26-8-10-30-11-9-26)22-18(27)13-31-20-25-24-19(32-20)23-14-4-2-1-3-5-14/h1-7,12H,8-11,13H2,(H,22,27)(H,23,24). The zero-order valence-electron chi connectivity index (χ0n) is 17.2. The molecule has 13 heteroatoms. The third-order valence-corrected chi connectivity index (χ3v) is 8.91. The number of benzene rings is 2. The molecule has 174 valence electrons. The SMILES string of the molecule is O=C(CSc1nnc(Nc2ccccc2)s1)Nc1ccc(Cl)c(S(=O)(=O)N2CCOCC2)c1. The quantitative estimate of drug-likeness (QED) is 0.428. The highest BCUT2D eigenvalue weighted by molar-refractivity contribution is 8.01. The van der Waals surface area contributed by atoms with Gasteiger partial charge in [0.1, 0.15) is 4.90 Å². The third-order valence-electron chi connectivity index (χ3n) is 4.56. The number of rotatable bonds is 8. The van der Waals surface area contributed by atoms with Crippen molar-refractivity contribution >= 4 is 67.1 Å². The van der Waals surface area contributed by atoms with Crippen LogP contribution in [-0.2, 0) is 19.6 Å². The van der Waals surface area contributed by atoms with Gasteiger partial charge in [0.05, 0.1) is 24.0 Å². The van der Waals surface area contributed by atoms with Gasteiger partial charge in [0.2, 0.25) is 21.1 Å². The Bertz CT molecular complexity index is 1220. The minimum absolute atomic E-state index is 0.0442. The summed E-state index contributed by atoms with van der Waals surface area (Å²) in [5.41, 5.74) is 1.24. The Kier molecular flexibility index (Phi) is 7.83. The Morgan fingerprint density at radius 2 is 1.88 bits per heavy atom. The molecule has 0 radical (unpaired) electrons. The molecule has 0 unspecified atom stereocenters. The van der Waals surface area contributed by atoms with E-state index in [0.29, 0.717) is 28.4 Å². The molecular weight excluding hydrogens is 506 g/mol. The van der Waals surface area contributed by atoms with Crippen molar-refractivity contribution in [1.82, 2.24) is 14.5 Å². The summed E-state index contributed by atoms with van der Waals surface area (Å²) in [7, 11) is -3.79. The predicted octanol–water partition coefficient (Wildman–Crippen LogP) is 3.69. The van der Waals surface area contributed by atoms with Gasteiger partial charge in [-0.1, -0.05) is 52.9 Å². The van der Waals surface area contributed by atoms with E-state index in [2.05, 4.69) is 20.8 Å². The molecule has 1 aliphatic heterocycles. The molecule has 0 aliphatic carbocycles. The molecule has 33 heavy (non-hydrogen) atoms. The van der Waals surface area contributed by atoms with Crippen LogP contribution in [0.4, 0.5) is 16.5 Å². The second-order valence-electron chi connectivity index (χ2n) is 6.86. The number of carbonyl (C=O) groups excluding carboxylic acids is 1. The highest BCUT2D eigenvalue weighted by Crippen LogP contribution is 2.30. The molecule has 2 aromatic carbocycles. The molecule has 2 heterocycles. The summed E-state index contributed by atoms with van der Waals surface area (Å²) in [6.07, 6.45) is 0. The minimum Gasteiger partial charge on any atom is -0.379 e. The highest BCUT2D eigenvalue weighted by Gasteiger charge is 2.28. The number of morpholine rings is 1. The molecule has 1 fully saturated rings. The fourth-order valence-electron chi connectivity index (χ4n) is 2.99. The second-order valence-corrected chi connectivity index (χ2v) is 11.4. The molecule has 1 amide bonds. The Balaban J connectivity index is 1.36. The lowest BCUT2D eigenvalue weighted by Gasteiger charge is -2.26. The fourth-order valence-corrected chi connectivity index (χ4v) is 6.47. The van der Waals surface area contributed by atoms with Crippen molar-refractivity contribution in [2.45, 2.75) is 9.24 Å². The van der Waals surface area contributed by atoms with Crippen LogP contribution in [0.15, 0.2) is 57.8 Å². The summed E-state index contributed by atoms with van der Waals surface area (Å²) >= 11 is 8.74. The molecule has 2 N–H and O–H groups in total. The van der Waals surface area contributed by atoms with Crippen LogP contribution in [0.5, 0.6) is 0 Å². The average Bonchev–Trinajstić information content (AvgIpc) is 3.27. The topological polar surface area (TPSA) is 114 Å². The van der Waals surface area contributed by atoms with Crippen LogP contribution in [0.1, 0.15) is 0 Å². The van der Waals surface area contributed by atoms with Crippen molar-refractivity contribution in [3.63, 3.8) is 0 Å². The van der Waals surface area contributed by atoms with Crippen LogP contribution in [0.2, 0.25) is 5.02 Å². The summed E-state index contributed by atoms with van der Waals surface area (Å²) < 4.78 is 33.1. The van der Waals surface area contributed by atoms with Gasteiger partial charge in [-0.15, -0.1) is 10.2 Å². The first-order chi connectivity index (χ1) is 15.9. The first-order valence-electron chi connectivity index (χ1n) is 9.87. The monoisotopic (exact) mass is 525 g/mol. The molecule has 1 saturated heterocycles. The third kappa shape index (κ3) is 6.22. The summed E-state index contributed by atoms with van der Waals surface area (Å²) in [4.78, 5) is 12.4. The molecule has 1 aromatic heterocycles. The van der Waals surface area contributed by atoms with Crippen molar-refractivity contribution in [3.8, 4) is 0 Å². The van der Waals surface area contributed by atoms with Gasteiger partial charge < -0.3 is 15.4 Å². The molecule has 1 aliphatic rings. The van der Waals surface area contributed by atoms with Crippen LogP contribution in [0.25, 0.3) is 0 Å². The van der Waals surface area contributed by atoms with E-state index in [-0.39, 0.29) is 34.7 Å². The predicted molar refractivity (Wildman–Crippen MR) is 130 cm³/mol. The first kappa shape index (κ1) is 23.9. The van der Waals surface area contributed by atoms with Crippen molar-refractivity contribution in [2.24, 2.45) is 0 Å². The Morgan fingerprint density at radius 1 is 1.12 bits per heavy atom. The molecule has 0 bridgehead atoms. The number of thioether (sulfide) groups is 1. The number of hydrogen-bond acceptors (Lipinski definition) is 9. The smallest absolute Gasteiger partial charge is 0.244 e. The summed E-state index contributed by atoms with van der Waals surface area (Å²) in [6, 6.07) is 14.0. The van der Waals surface area contributed by atoms with Gasteiger partial charge in [-0.25, -0.2) is 8.42 Å². The van der Waals surface area contributed by atoms with Crippen molar-refractivity contribution < 1.29 is 17.9 Å². The highest BCUT2D eigenvalue weighted by atomic mass is 35.5. The van der Waals surface area contributed by atoms with Crippen LogP contribution in [0, 0.1) is 0 Å². The molecule has 0 atom stereocenters. The maximum atomic E-state index is 12.9. The number of para-hydroxylation sites is 1. The van der Waals surface area contributed by atoms with Crippen LogP contribution in [0.3, 0.4) is 0 Å². The van der Waals surface area contributed by atoms with E-state index in [1.54, 1.807) is 6.07 Å². The number of aromatic nitrogens is 2. The van der Waals surface area contributed by atoms with Crippen LogP contribution in [-0.4, -0.2) is 60.9 Å². The number of anilines is 3. The van der Waals surface area contributed by atoms with Gasteiger partial charge in [-0.3, -0.25) is 4.79 Å². The average molecular weight is 526 g/mol. The maximum Gasteiger partial charge on any atom is 0.244 e. The van der Waals surface area contributed by atoms with Crippen LogP contribution >= 0.6 is 34.7 Å². The molecule has 0 spiro atoms. The van der Waals surface area contributed by atoms with E-state index in [9.17, 15) is 13.2 Å². The maximum absolute atomic E-state index is 12.9. The fraction of sp³-hybridized carbons (Fsp3) is 0.250. The molecule has 0 saturated carbocycles. The van der Waals surface area contributed by atoms with E-state index in [1.165, 1.54) is 39.5 Å². The van der Waals surface area contributed by atoms with Crippen molar-refractivity contribution in [2.75, 3.05) is 42.7 Å². The van der Waals surface area contributed by atoms with Gasteiger partial charge in [0.25, 0.3) is 0 Å².